The Morgan fingerprint density at radius 3 is 2.81 bits per heavy atom. The van der Waals surface area contributed by atoms with E-state index < -0.39 is 18.2 Å². The van der Waals surface area contributed by atoms with Crippen molar-refractivity contribution in [2.75, 3.05) is 20.2 Å². The first-order chi connectivity index (χ1) is 13.0. The molecule has 2 N–H and O–H groups in total. The summed E-state index contributed by atoms with van der Waals surface area (Å²) < 4.78 is 6.65. The number of benzene rings is 1. The predicted octanol–water partition coefficient (Wildman–Crippen LogP) is 0.825. The zero-order valence-corrected chi connectivity index (χ0v) is 15.0. The van der Waals surface area contributed by atoms with Crippen molar-refractivity contribution >= 4 is 12.0 Å². The summed E-state index contributed by atoms with van der Waals surface area (Å²) in [5, 5.41) is 12.8. The number of nitrogens with one attached hydrogen (secondary N) is 1. The summed E-state index contributed by atoms with van der Waals surface area (Å²) in [6, 6.07) is 8.83. The van der Waals surface area contributed by atoms with Crippen LogP contribution in [0, 0.1) is 0 Å². The van der Waals surface area contributed by atoms with E-state index >= 15 is 0 Å². The molecule has 1 aromatic heterocycles. The van der Waals surface area contributed by atoms with Gasteiger partial charge in [0, 0.05) is 38.3 Å². The third-order valence-corrected chi connectivity index (χ3v) is 5.39. The molecule has 2 aliphatic rings. The second-order valence-corrected chi connectivity index (χ2v) is 7.17. The maximum Gasteiger partial charge on any atom is 0.407 e. The van der Waals surface area contributed by atoms with Crippen LogP contribution in [0.3, 0.4) is 0 Å². The van der Waals surface area contributed by atoms with Crippen molar-refractivity contribution in [1.82, 2.24) is 19.8 Å². The van der Waals surface area contributed by atoms with Crippen molar-refractivity contribution < 1.29 is 19.4 Å². The molecule has 142 valence electrons. The maximum absolute atomic E-state index is 13.0. The highest BCUT2D eigenvalue weighted by molar-refractivity contribution is 5.86. The van der Waals surface area contributed by atoms with Crippen molar-refractivity contribution in [3.05, 3.63) is 54.1 Å². The minimum absolute atomic E-state index is 0.155. The van der Waals surface area contributed by atoms with Crippen LogP contribution in [-0.2, 0) is 21.5 Å². The van der Waals surface area contributed by atoms with Crippen LogP contribution in [-0.4, -0.2) is 57.8 Å². The van der Waals surface area contributed by atoms with Gasteiger partial charge in [0.1, 0.15) is 18.0 Å². The average molecular weight is 370 g/mol. The summed E-state index contributed by atoms with van der Waals surface area (Å²) in [7, 11) is 1.28. The van der Waals surface area contributed by atoms with Crippen LogP contribution in [0.2, 0.25) is 0 Å². The Morgan fingerprint density at radius 2 is 2.11 bits per heavy atom. The molecule has 2 amide bonds. The molecule has 0 bridgehead atoms. The number of aromatic nitrogens is 2. The van der Waals surface area contributed by atoms with Gasteiger partial charge >= 0.3 is 6.09 Å². The smallest absolute Gasteiger partial charge is 0.407 e. The number of carbonyl (C=O) groups is 2. The van der Waals surface area contributed by atoms with Gasteiger partial charge in [0.2, 0.25) is 5.91 Å². The van der Waals surface area contributed by atoms with E-state index in [2.05, 4.69) is 15.0 Å². The first-order valence-electron chi connectivity index (χ1n) is 8.91. The number of aliphatic hydroxyl groups is 1. The number of methoxy groups -OCH3 is 1. The fourth-order valence-electron chi connectivity index (χ4n) is 4.09. The van der Waals surface area contributed by atoms with Crippen molar-refractivity contribution in [3.8, 4) is 0 Å². The molecule has 3 heterocycles. The summed E-state index contributed by atoms with van der Waals surface area (Å²) >= 11 is 0. The first-order valence-corrected chi connectivity index (χ1v) is 8.91. The number of likely N-dealkylation sites (tertiary alicyclic amines) is 1. The number of nitrogens with zero attached hydrogens (tertiary/aromatic N) is 3. The fourth-order valence-corrected chi connectivity index (χ4v) is 4.09. The quantitative estimate of drug-likeness (QED) is 0.831. The van der Waals surface area contributed by atoms with E-state index in [1.807, 2.05) is 41.1 Å². The largest absolute Gasteiger partial charge is 0.453 e. The lowest BCUT2D eigenvalue weighted by molar-refractivity contribution is -0.144. The average Bonchev–Trinajstić information content (AvgIpc) is 3.23. The molecule has 0 saturated carbocycles. The van der Waals surface area contributed by atoms with Crippen molar-refractivity contribution in [1.29, 1.82) is 0 Å². The van der Waals surface area contributed by atoms with Crippen molar-refractivity contribution in [3.63, 3.8) is 0 Å². The van der Waals surface area contributed by atoms with Crippen LogP contribution in [0.1, 0.15) is 23.9 Å². The van der Waals surface area contributed by atoms with Gasteiger partial charge in [0.15, 0.2) is 0 Å². The van der Waals surface area contributed by atoms with Gasteiger partial charge in [0.05, 0.1) is 12.6 Å². The number of hydrogen-bond acceptors (Lipinski definition) is 5. The maximum atomic E-state index is 13.0. The standard InChI is InChI=1S/C19H22N4O4/c1-27-18(26)21-14(9-13-5-3-2-4-6-13)17(25)22-11-19(12-22)10-15(24)16-20-7-8-23(16)19/h2-8,14-15,24H,9-12H2,1H3,(H,21,26). The van der Waals surface area contributed by atoms with Gasteiger partial charge in [-0.1, -0.05) is 30.3 Å². The number of aliphatic hydroxyl groups excluding tert-OH is 1. The molecular weight excluding hydrogens is 348 g/mol. The first kappa shape index (κ1) is 17.5. The molecule has 1 fully saturated rings. The Kier molecular flexibility index (Phi) is 4.35. The Bertz CT molecular complexity index is 844. The zero-order chi connectivity index (χ0) is 19.0. The van der Waals surface area contributed by atoms with E-state index in [9.17, 15) is 14.7 Å². The SMILES string of the molecule is COC(=O)NC(Cc1ccccc1)C(=O)N1CC2(CC(O)c3nccn32)C1. The number of alkyl carbamates (subject to hydrolysis) is 1. The van der Waals surface area contributed by atoms with Crippen LogP contribution < -0.4 is 5.32 Å². The van der Waals surface area contributed by atoms with Gasteiger partial charge in [-0.2, -0.15) is 0 Å². The molecule has 27 heavy (non-hydrogen) atoms. The number of amides is 2. The predicted molar refractivity (Wildman–Crippen MR) is 95.8 cm³/mol. The van der Waals surface area contributed by atoms with E-state index in [4.69, 9.17) is 0 Å². The van der Waals surface area contributed by atoms with Crippen LogP contribution >= 0.6 is 0 Å². The summed E-state index contributed by atoms with van der Waals surface area (Å²) in [6.45, 7) is 0.973. The fraction of sp³-hybridized carbons (Fsp3) is 0.421. The van der Waals surface area contributed by atoms with E-state index in [0.717, 1.165) is 5.56 Å². The van der Waals surface area contributed by atoms with Crippen molar-refractivity contribution in [2.45, 2.75) is 30.5 Å². The Balaban J connectivity index is 1.47. The molecule has 1 aromatic carbocycles. The number of ether oxygens (including phenoxy) is 1. The molecule has 8 nitrogen and oxygen atoms in total. The lowest BCUT2D eigenvalue weighted by atomic mass is 9.85. The number of fused-ring (bicyclic) bond motifs is 2. The molecule has 4 rings (SSSR count). The molecule has 8 heteroatoms. The molecule has 2 unspecified atom stereocenters. The summed E-state index contributed by atoms with van der Waals surface area (Å²) in [4.78, 5) is 30.7. The highest BCUT2D eigenvalue weighted by Crippen LogP contribution is 2.44. The van der Waals surface area contributed by atoms with Crippen LogP contribution in [0.25, 0.3) is 0 Å². The van der Waals surface area contributed by atoms with E-state index in [-0.39, 0.29) is 11.4 Å². The minimum atomic E-state index is -0.703. The third kappa shape index (κ3) is 3.06. The Labute approximate surface area is 156 Å². The molecule has 2 atom stereocenters. The van der Waals surface area contributed by atoms with Gasteiger partial charge in [0.25, 0.3) is 0 Å². The number of hydrogen-bond donors (Lipinski definition) is 2. The van der Waals surface area contributed by atoms with Crippen LogP contribution in [0.4, 0.5) is 4.79 Å². The van der Waals surface area contributed by atoms with Gasteiger partial charge < -0.3 is 24.6 Å². The minimum Gasteiger partial charge on any atom is -0.453 e. The molecule has 1 saturated heterocycles. The topological polar surface area (TPSA) is 96.7 Å². The Hall–Kier alpha value is -2.87. The highest BCUT2D eigenvalue weighted by atomic mass is 16.5. The van der Waals surface area contributed by atoms with Gasteiger partial charge in [-0.25, -0.2) is 9.78 Å². The second-order valence-electron chi connectivity index (χ2n) is 7.17. The van der Waals surface area contributed by atoms with Gasteiger partial charge in [-0.15, -0.1) is 0 Å². The van der Waals surface area contributed by atoms with Gasteiger partial charge in [-0.05, 0) is 5.56 Å². The molecule has 0 radical (unpaired) electrons. The number of carbonyl (C=O) groups excluding carboxylic acids is 2. The molecule has 1 spiro atoms. The second kappa shape index (κ2) is 6.70. The normalized spacial score (nSPS) is 20.7. The monoisotopic (exact) mass is 370 g/mol. The molecule has 0 aliphatic carbocycles. The van der Waals surface area contributed by atoms with E-state index in [1.54, 1.807) is 11.1 Å². The van der Waals surface area contributed by atoms with Gasteiger partial charge in [-0.3, -0.25) is 4.79 Å². The van der Waals surface area contributed by atoms with Crippen LogP contribution in [0.15, 0.2) is 42.7 Å². The summed E-state index contributed by atoms with van der Waals surface area (Å²) in [5.41, 5.74) is 0.652. The zero-order valence-electron chi connectivity index (χ0n) is 15.0. The Morgan fingerprint density at radius 1 is 1.37 bits per heavy atom. The summed E-state index contributed by atoms with van der Waals surface area (Å²) in [5.74, 6) is 0.494. The van der Waals surface area contributed by atoms with E-state index in [0.29, 0.717) is 31.8 Å². The number of imidazole rings is 1. The van der Waals surface area contributed by atoms with E-state index in [1.165, 1.54) is 7.11 Å². The molecule has 2 aliphatic heterocycles. The lowest BCUT2D eigenvalue weighted by Crippen LogP contribution is -2.66. The number of rotatable bonds is 4. The highest BCUT2D eigenvalue weighted by Gasteiger charge is 2.53. The molecule has 2 aromatic rings. The van der Waals surface area contributed by atoms with Crippen LogP contribution in [0.5, 0.6) is 0 Å². The third-order valence-electron chi connectivity index (χ3n) is 5.39. The summed E-state index contributed by atoms with van der Waals surface area (Å²) in [6.07, 6.45) is 3.21. The van der Waals surface area contributed by atoms with Crippen molar-refractivity contribution in [2.24, 2.45) is 0 Å². The molecular formula is C19H22N4O4. The lowest BCUT2D eigenvalue weighted by Gasteiger charge is -2.49.